The summed E-state index contributed by atoms with van der Waals surface area (Å²) in [5.41, 5.74) is 2.85. The Morgan fingerprint density at radius 3 is 3.00 bits per heavy atom. The molecule has 0 bridgehead atoms. The van der Waals surface area contributed by atoms with Crippen LogP contribution in [0.2, 0.25) is 0 Å². The Kier molecular flexibility index (Phi) is 2.00. The molecule has 0 amide bonds. The van der Waals surface area contributed by atoms with E-state index in [-0.39, 0.29) is 0 Å². The van der Waals surface area contributed by atoms with Gasteiger partial charge in [0.25, 0.3) is 0 Å². The third-order valence-corrected chi connectivity index (χ3v) is 2.51. The summed E-state index contributed by atoms with van der Waals surface area (Å²) >= 11 is 3.44. The van der Waals surface area contributed by atoms with Crippen molar-refractivity contribution in [1.29, 1.82) is 0 Å². The van der Waals surface area contributed by atoms with Gasteiger partial charge in [-0.3, -0.25) is 0 Å². The summed E-state index contributed by atoms with van der Waals surface area (Å²) in [4.78, 5) is 3.31. The lowest BCUT2D eigenvalue weighted by atomic mass is 10.2. The van der Waals surface area contributed by atoms with Gasteiger partial charge in [-0.25, -0.2) is 0 Å². The van der Waals surface area contributed by atoms with E-state index in [0.29, 0.717) is 0 Å². The fraction of sp³-hybridized carbons (Fsp3) is 0.500. The average molecular weight is 215 g/mol. The monoisotopic (exact) mass is 214 g/mol. The van der Waals surface area contributed by atoms with E-state index < -0.39 is 0 Å². The molecule has 1 aliphatic heterocycles. The molecule has 0 saturated heterocycles. The number of hydrogen-bond donors (Lipinski definition) is 2. The molecule has 0 aromatic carbocycles. The Morgan fingerprint density at radius 1 is 1.27 bits per heavy atom. The van der Waals surface area contributed by atoms with Crippen molar-refractivity contribution in [1.82, 2.24) is 10.3 Å². The molecule has 3 heteroatoms. The van der Waals surface area contributed by atoms with Crippen molar-refractivity contribution in [2.75, 3.05) is 13.1 Å². The largest absolute Gasteiger partial charge is 0.353 e. The second kappa shape index (κ2) is 2.99. The Labute approximate surface area is 74.5 Å². The van der Waals surface area contributed by atoms with Crippen LogP contribution in [-0.2, 0) is 12.8 Å². The van der Waals surface area contributed by atoms with Crippen LogP contribution in [-0.4, -0.2) is 18.1 Å². The maximum atomic E-state index is 3.44. The summed E-state index contributed by atoms with van der Waals surface area (Å²) in [5, 5.41) is 3.36. The molecule has 60 valence electrons. The van der Waals surface area contributed by atoms with Crippen molar-refractivity contribution in [3.8, 4) is 0 Å². The van der Waals surface area contributed by atoms with E-state index in [1.807, 2.05) is 0 Å². The second-order valence-electron chi connectivity index (χ2n) is 2.87. The molecule has 0 radical (unpaired) electrons. The van der Waals surface area contributed by atoms with Crippen LogP contribution in [0, 0.1) is 0 Å². The molecule has 2 heterocycles. The number of nitrogens with one attached hydrogen (secondary N) is 2. The normalized spacial score (nSPS) is 17.5. The van der Waals surface area contributed by atoms with E-state index in [2.05, 4.69) is 32.3 Å². The Hall–Kier alpha value is -0.280. The van der Waals surface area contributed by atoms with Crippen molar-refractivity contribution < 1.29 is 0 Å². The molecule has 1 aliphatic rings. The molecule has 0 spiro atoms. The molecular formula is C8H11BrN2. The minimum atomic E-state index is 1.10. The van der Waals surface area contributed by atoms with E-state index in [9.17, 15) is 0 Å². The van der Waals surface area contributed by atoms with Gasteiger partial charge < -0.3 is 10.3 Å². The molecule has 1 aromatic rings. The summed E-state index contributed by atoms with van der Waals surface area (Å²) in [6, 6.07) is 2.18. The van der Waals surface area contributed by atoms with E-state index in [4.69, 9.17) is 0 Å². The molecule has 0 fully saturated rings. The van der Waals surface area contributed by atoms with Crippen molar-refractivity contribution >= 4 is 15.9 Å². The predicted octanol–water partition coefficient (Wildman–Crippen LogP) is 1.47. The van der Waals surface area contributed by atoms with Crippen molar-refractivity contribution in [2.45, 2.75) is 12.8 Å². The molecule has 0 saturated carbocycles. The highest BCUT2D eigenvalue weighted by molar-refractivity contribution is 9.10. The van der Waals surface area contributed by atoms with Gasteiger partial charge >= 0.3 is 0 Å². The van der Waals surface area contributed by atoms with Gasteiger partial charge in [-0.2, -0.15) is 0 Å². The molecule has 1 aromatic heterocycles. The topological polar surface area (TPSA) is 27.8 Å². The van der Waals surface area contributed by atoms with Gasteiger partial charge in [-0.1, -0.05) is 0 Å². The van der Waals surface area contributed by atoms with Crippen LogP contribution < -0.4 is 5.32 Å². The van der Waals surface area contributed by atoms with Gasteiger partial charge in [0.1, 0.15) is 0 Å². The van der Waals surface area contributed by atoms with Crippen LogP contribution in [0.5, 0.6) is 0 Å². The maximum Gasteiger partial charge on any atom is 0.0825 e. The Bertz CT molecular complexity index is 231. The quantitative estimate of drug-likeness (QED) is 0.673. The third kappa shape index (κ3) is 1.49. The third-order valence-electron chi connectivity index (χ3n) is 2.08. The number of rotatable bonds is 0. The maximum absolute atomic E-state index is 3.44. The number of halogens is 1. The van der Waals surface area contributed by atoms with E-state index in [0.717, 1.165) is 30.5 Å². The van der Waals surface area contributed by atoms with E-state index >= 15 is 0 Å². The zero-order valence-corrected chi connectivity index (χ0v) is 7.87. The predicted molar refractivity (Wildman–Crippen MR) is 48.8 cm³/mol. The smallest absolute Gasteiger partial charge is 0.0825 e. The van der Waals surface area contributed by atoms with Crippen molar-refractivity contribution in [3.05, 3.63) is 21.9 Å². The average Bonchev–Trinajstić information content (AvgIpc) is 2.17. The molecule has 2 nitrogen and oxygen atoms in total. The van der Waals surface area contributed by atoms with Crippen LogP contribution in [0.25, 0.3) is 0 Å². The summed E-state index contributed by atoms with van der Waals surface area (Å²) in [6.07, 6.45) is 2.28. The van der Waals surface area contributed by atoms with Crippen LogP contribution in [0.1, 0.15) is 11.3 Å². The van der Waals surface area contributed by atoms with Crippen LogP contribution >= 0.6 is 15.9 Å². The summed E-state index contributed by atoms with van der Waals surface area (Å²) in [5.74, 6) is 0. The van der Waals surface area contributed by atoms with Crippen molar-refractivity contribution in [2.24, 2.45) is 0 Å². The highest BCUT2D eigenvalue weighted by Crippen LogP contribution is 2.17. The number of fused-ring (bicyclic) bond motifs is 1. The van der Waals surface area contributed by atoms with Crippen LogP contribution in [0.15, 0.2) is 10.7 Å². The van der Waals surface area contributed by atoms with Gasteiger partial charge in [0.15, 0.2) is 0 Å². The standard InChI is InChI=1S/C8H11BrN2/c9-8-5-6-1-3-10-4-2-7(6)11-8/h5,10-11H,1-4H2. The lowest BCUT2D eigenvalue weighted by Crippen LogP contribution is -2.16. The second-order valence-corrected chi connectivity index (χ2v) is 3.73. The molecule has 0 aliphatic carbocycles. The van der Waals surface area contributed by atoms with Gasteiger partial charge in [-0.05, 0) is 40.5 Å². The fourth-order valence-corrected chi connectivity index (χ4v) is 2.02. The first-order valence-electron chi connectivity index (χ1n) is 3.93. The number of aromatic nitrogens is 1. The molecule has 11 heavy (non-hydrogen) atoms. The summed E-state index contributed by atoms with van der Waals surface area (Å²) < 4.78 is 1.12. The molecule has 0 unspecified atom stereocenters. The number of H-pyrrole nitrogens is 1. The van der Waals surface area contributed by atoms with E-state index in [1.54, 1.807) is 0 Å². The molecular weight excluding hydrogens is 204 g/mol. The fourth-order valence-electron chi connectivity index (χ4n) is 1.51. The van der Waals surface area contributed by atoms with Crippen LogP contribution in [0.3, 0.4) is 0 Å². The molecule has 0 atom stereocenters. The lowest BCUT2D eigenvalue weighted by Gasteiger charge is -1.94. The SMILES string of the molecule is Brc1cc2c([nH]1)CCNCC2. The van der Waals surface area contributed by atoms with Gasteiger partial charge in [-0.15, -0.1) is 0 Å². The van der Waals surface area contributed by atoms with Gasteiger partial charge in [0, 0.05) is 18.7 Å². The van der Waals surface area contributed by atoms with Gasteiger partial charge in [0.2, 0.25) is 0 Å². The number of hydrogen-bond acceptors (Lipinski definition) is 1. The first-order valence-corrected chi connectivity index (χ1v) is 4.72. The zero-order chi connectivity index (χ0) is 7.68. The molecule has 2 N–H and O–H groups in total. The minimum absolute atomic E-state index is 1.10. The van der Waals surface area contributed by atoms with Crippen LogP contribution in [0.4, 0.5) is 0 Å². The van der Waals surface area contributed by atoms with E-state index in [1.165, 1.54) is 11.3 Å². The minimum Gasteiger partial charge on any atom is -0.353 e. The van der Waals surface area contributed by atoms with Gasteiger partial charge in [0.05, 0.1) is 4.60 Å². The highest BCUT2D eigenvalue weighted by atomic mass is 79.9. The first-order chi connectivity index (χ1) is 5.36. The zero-order valence-electron chi connectivity index (χ0n) is 6.28. The lowest BCUT2D eigenvalue weighted by molar-refractivity contribution is 0.706. The Balaban J connectivity index is 2.32. The highest BCUT2D eigenvalue weighted by Gasteiger charge is 2.09. The summed E-state index contributed by atoms with van der Waals surface area (Å²) in [6.45, 7) is 2.21. The molecule has 2 rings (SSSR count). The first kappa shape index (κ1) is 7.37. The Morgan fingerprint density at radius 2 is 2.09 bits per heavy atom. The summed E-state index contributed by atoms with van der Waals surface area (Å²) in [7, 11) is 0. The van der Waals surface area contributed by atoms with Crippen molar-refractivity contribution in [3.63, 3.8) is 0 Å². The number of aromatic amines is 1.